The number of hydrogen-bond acceptors (Lipinski definition) is 4. The highest BCUT2D eigenvalue weighted by atomic mass is 35.5. The average Bonchev–Trinajstić information content (AvgIpc) is 2.48. The van der Waals surface area contributed by atoms with Crippen molar-refractivity contribution in [3.8, 4) is 0 Å². The average molecular weight is 258 g/mol. The standard InChI is InChI=1S/C10H12ClN3OS/c11-8-4-5-9(14-13-8)16-7-3-1-2-6-12-10(7)15/h4-5,7H,1-3,6H2,(H,12,15)/t7-/m1/s1. The molecule has 2 rings (SSSR count). The van der Waals surface area contributed by atoms with Gasteiger partial charge in [-0.1, -0.05) is 29.8 Å². The van der Waals surface area contributed by atoms with Crippen molar-refractivity contribution >= 4 is 29.3 Å². The van der Waals surface area contributed by atoms with Crippen molar-refractivity contribution in [2.75, 3.05) is 6.54 Å². The van der Waals surface area contributed by atoms with Gasteiger partial charge >= 0.3 is 0 Å². The summed E-state index contributed by atoms with van der Waals surface area (Å²) in [6.45, 7) is 0.780. The van der Waals surface area contributed by atoms with E-state index in [-0.39, 0.29) is 11.2 Å². The molecule has 2 heterocycles. The third-order valence-corrected chi connectivity index (χ3v) is 3.75. The predicted octanol–water partition coefficient (Wildman–Crippen LogP) is 1.89. The molecular formula is C10H12ClN3OS. The minimum atomic E-state index is -0.0574. The van der Waals surface area contributed by atoms with E-state index in [4.69, 9.17) is 11.6 Å². The van der Waals surface area contributed by atoms with Gasteiger partial charge < -0.3 is 5.32 Å². The predicted molar refractivity (Wildman–Crippen MR) is 63.5 cm³/mol. The third kappa shape index (κ3) is 3.09. The molecule has 1 aromatic rings. The van der Waals surface area contributed by atoms with Crippen molar-refractivity contribution < 1.29 is 4.79 Å². The van der Waals surface area contributed by atoms with Crippen LogP contribution in [0.4, 0.5) is 0 Å². The lowest BCUT2D eigenvalue weighted by Gasteiger charge is -2.11. The molecule has 0 aromatic carbocycles. The number of aromatic nitrogens is 2. The molecule has 1 N–H and O–H groups in total. The highest BCUT2D eigenvalue weighted by molar-refractivity contribution is 8.00. The number of nitrogens with one attached hydrogen (secondary N) is 1. The number of hydrogen-bond donors (Lipinski definition) is 1. The van der Waals surface area contributed by atoms with E-state index in [1.165, 1.54) is 11.8 Å². The van der Waals surface area contributed by atoms with Crippen molar-refractivity contribution in [3.05, 3.63) is 17.3 Å². The molecule has 86 valence electrons. The molecule has 1 aliphatic rings. The van der Waals surface area contributed by atoms with E-state index >= 15 is 0 Å². The molecular weight excluding hydrogens is 246 g/mol. The smallest absolute Gasteiger partial charge is 0.233 e. The molecule has 6 heteroatoms. The third-order valence-electron chi connectivity index (χ3n) is 2.36. The first-order valence-electron chi connectivity index (χ1n) is 5.19. The lowest BCUT2D eigenvalue weighted by molar-refractivity contribution is -0.120. The zero-order chi connectivity index (χ0) is 11.4. The van der Waals surface area contributed by atoms with Crippen molar-refractivity contribution in [3.63, 3.8) is 0 Å². The summed E-state index contributed by atoms with van der Waals surface area (Å²) in [4.78, 5) is 11.7. The maximum absolute atomic E-state index is 11.7. The zero-order valence-corrected chi connectivity index (χ0v) is 10.2. The van der Waals surface area contributed by atoms with Crippen molar-refractivity contribution in [1.82, 2.24) is 15.5 Å². The minimum absolute atomic E-state index is 0.0574. The molecule has 0 saturated carbocycles. The van der Waals surface area contributed by atoms with Crippen LogP contribution >= 0.6 is 23.4 Å². The molecule has 1 atom stereocenters. The maximum Gasteiger partial charge on any atom is 0.233 e. The van der Waals surface area contributed by atoms with E-state index in [1.807, 2.05) is 0 Å². The Labute approximate surface area is 103 Å². The van der Waals surface area contributed by atoms with Crippen LogP contribution in [0.5, 0.6) is 0 Å². The summed E-state index contributed by atoms with van der Waals surface area (Å²) in [5, 5.41) is 11.6. The topological polar surface area (TPSA) is 54.9 Å². The molecule has 1 amide bonds. The van der Waals surface area contributed by atoms with Gasteiger partial charge in [0.15, 0.2) is 5.15 Å². The summed E-state index contributed by atoms with van der Waals surface area (Å²) >= 11 is 7.10. The molecule has 0 spiro atoms. The van der Waals surface area contributed by atoms with Crippen LogP contribution in [-0.4, -0.2) is 27.9 Å². The number of amides is 1. The van der Waals surface area contributed by atoms with Crippen LogP contribution < -0.4 is 5.32 Å². The summed E-state index contributed by atoms with van der Waals surface area (Å²) in [6.07, 6.45) is 3.01. The molecule has 1 fully saturated rings. The largest absolute Gasteiger partial charge is 0.355 e. The number of nitrogens with zero attached hydrogens (tertiary/aromatic N) is 2. The Hall–Kier alpha value is -0.810. The minimum Gasteiger partial charge on any atom is -0.355 e. The van der Waals surface area contributed by atoms with E-state index in [9.17, 15) is 4.79 Å². The summed E-state index contributed by atoms with van der Waals surface area (Å²) in [5.41, 5.74) is 0. The van der Waals surface area contributed by atoms with Gasteiger partial charge in [-0.25, -0.2) is 0 Å². The fourth-order valence-corrected chi connectivity index (χ4v) is 2.64. The number of rotatable bonds is 2. The first kappa shape index (κ1) is 11.7. The SMILES string of the molecule is O=C1NCCCC[C@H]1Sc1ccc(Cl)nn1. The van der Waals surface area contributed by atoms with Gasteiger partial charge in [0.1, 0.15) is 5.03 Å². The molecule has 16 heavy (non-hydrogen) atoms. The second-order valence-electron chi connectivity index (χ2n) is 3.59. The van der Waals surface area contributed by atoms with Crippen LogP contribution in [-0.2, 0) is 4.79 Å². The zero-order valence-electron chi connectivity index (χ0n) is 8.65. The molecule has 1 saturated heterocycles. The molecule has 0 radical (unpaired) electrons. The van der Waals surface area contributed by atoms with E-state index < -0.39 is 0 Å². The van der Waals surface area contributed by atoms with Crippen LogP contribution in [0.25, 0.3) is 0 Å². The number of carbonyl (C=O) groups is 1. The van der Waals surface area contributed by atoms with Gasteiger partial charge in [0.05, 0.1) is 5.25 Å². The van der Waals surface area contributed by atoms with E-state index in [0.717, 1.165) is 30.8 Å². The van der Waals surface area contributed by atoms with E-state index in [1.54, 1.807) is 12.1 Å². The molecule has 1 aromatic heterocycles. The number of thioether (sulfide) groups is 1. The fourth-order valence-electron chi connectivity index (χ4n) is 1.54. The van der Waals surface area contributed by atoms with Gasteiger partial charge in [-0.2, -0.15) is 0 Å². The van der Waals surface area contributed by atoms with Crippen LogP contribution in [0.15, 0.2) is 17.2 Å². The molecule has 0 unspecified atom stereocenters. The lowest BCUT2D eigenvalue weighted by atomic mass is 10.2. The maximum atomic E-state index is 11.7. The number of carbonyl (C=O) groups excluding carboxylic acids is 1. The Balaban J connectivity index is 2.02. The Morgan fingerprint density at radius 2 is 2.25 bits per heavy atom. The quantitative estimate of drug-likeness (QED) is 0.879. The summed E-state index contributed by atoms with van der Waals surface area (Å²) in [6, 6.07) is 3.48. The monoisotopic (exact) mass is 257 g/mol. The van der Waals surface area contributed by atoms with Gasteiger partial charge in [0.2, 0.25) is 5.91 Å². The highest BCUT2D eigenvalue weighted by Crippen LogP contribution is 2.26. The van der Waals surface area contributed by atoms with Gasteiger partial charge in [-0.05, 0) is 25.0 Å². The first-order valence-corrected chi connectivity index (χ1v) is 6.45. The molecule has 0 aliphatic carbocycles. The Morgan fingerprint density at radius 3 is 3.00 bits per heavy atom. The highest BCUT2D eigenvalue weighted by Gasteiger charge is 2.22. The Kier molecular flexibility index (Phi) is 4.01. The second-order valence-corrected chi connectivity index (χ2v) is 5.20. The Bertz CT molecular complexity index is 371. The van der Waals surface area contributed by atoms with Crippen molar-refractivity contribution in [2.24, 2.45) is 0 Å². The normalized spacial score (nSPS) is 21.3. The summed E-state index contributed by atoms with van der Waals surface area (Å²) in [7, 11) is 0. The van der Waals surface area contributed by atoms with E-state index in [2.05, 4.69) is 15.5 Å². The molecule has 1 aliphatic heterocycles. The van der Waals surface area contributed by atoms with Gasteiger partial charge in [0.25, 0.3) is 0 Å². The molecule has 0 bridgehead atoms. The summed E-state index contributed by atoms with van der Waals surface area (Å²) < 4.78 is 0. The fraction of sp³-hybridized carbons (Fsp3) is 0.500. The number of halogens is 1. The van der Waals surface area contributed by atoms with Crippen LogP contribution in [0.3, 0.4) is 0 Å². The van der Waals surface area contributed by atoms with Crippen LogP contribution in [0.2, 0.25) is 5.15 Å². The first-order chi connectivity index (χ1) is 7.75. The van der Waals surface area contributed by atoms with Gasteiger partial charge in [0, 0.05) is 6.54 Å². The van der Waals surface area contributed by atoms with Gasteiger partial charge in [-0.3, -0.25) is 4.79 Å². The summed E-state index contributed by atoms with van der Waals surface area (Å²) in [5.74, 6) is 0.0965. The molecule has 4 nitrogen and oxygen atoms in total. The van der Waals surface area contributed by atoms with Crippen LogP contribution in [0.1, 0.15) is 19.3 Å². The lowest BCUT2D eigenvalue weighted by Crippen LogP contribution is -2.30. The van der Waals surface area contributed by atoms with Crippen molar-refractivity contribution in [1.29, 1.82) is 0 Å². The second kappa shape index (κ2) is 5.50. The van der Waals surface area contributed by atoms with E-state index in [0.29, 0.717) is 5.15 Å². The van der Waals surface area contributed by atoms with Crippen LogP contribution in [0, 0.1) is 0 Å². The van der Waals surface area contributed by atoms with Gasteiger partial charge in [-0.15, -0.1) is 10.2 Å². The van der Waals surface area contributed by atoms with Crippen molar-refractivity contribution in [2.45, 2.75) is 29.5 Å². The Morgan fingerprint density at radius 1 is 1.38 bits per heavy atom.